The Morgan fingerprint density at radius 3 is 2.49 bits per heavy atom. The summed E-state index contributed by atoms with van der Waals surface area (Å²) in [6.45, 7) is 1.42. The molecule has 35 heavy (non-hydrogen) atoms. The number of nitrogens with zero attached hydrogens (tertiary/aromatic N) is 9. The molecular weight excluding hydrogens is 463 g/mol. The predicted molar refractivity (Wildman–Crippen MR) is 118 cm³/mol. The zero-order valence-electron chi connectivity index (χ0n) is 18.3. The van der Waals surface area contributed by atoms with Crippen molar-refractivity contribution in [3.63, 3.8) is 0 Å². The molecule has 0 spiro atoms. The van der Waals surface area contributed by atoms with Crippen LogP contribution in [0, 0.1) is 28.8 Å². The van der Waals surface area contributed by atoms with Gasteiger partial charge in [0, 0.05) is 44.9 Å². The molecule has 1 unspecified atom stereocenters. The smallest absolute Gasteiger partial charge is 0.252 e. The number of aliphatic hydroxyl groups excluding tert-OH is 1. The van der Waals surface area contributed by atoms with E-state index in [1.54, 1.807) is 16.0 Å². The molecule has 0 amide bonds. The summed E-state index contributed by atoms with van der Waals surface area (Å²) in [5.41, 5.74) is 0.706. The number of anilines is 1. The molecule has 4 heterocycles. The van der Waals surface area contributed by atoms with Crippen LogP contribution in [0.2, 0.25) is 0 Å². The second-order valence-electron chi connectivity index (χ2n) is 8.13. The molecule has 0 radical (unpaired) electrons. The predicted octanol–water partition coefficient (Wildman–Crippen LogP) is 1.78. The van der Waals surface area contributed by atoms with E-state index < -0.39 is 29.8 Å². The van der Waals surface area contributed by atoms with Crippen molar-refractivity contribution in [2.75, 3.05) is 31.1 Å². The van der Waals surface area contributed by atoms with E-state index in [0.29, 0.717) is 43.7 Å². The van der Waals surface area contributed by atoms with Gasteiger partial charge >= 0.3 is 0 Å². The van der Waals surface area contributed by atoms with Crippen molar-refractivity contribution < 1.29 is 18.3 Å². The van der Waals surface area contributed by atoms with Crippen molar-refractivity contribution in [2.24, 2.45) is 5.10 Å². The van der Waals surface area contributed by atoms with Crippen molar-refractivity contribution in [3.8, 4) is 12.0 Å². The summed E-state index contributed by atoms with van der Waals surface area (Å²) in [6.07, 6.45) is 4.72. The van der Waals surface area contributed by atoms with Gasteiger partial charge in [-0.15, -0.1) is 0 Å². The summed E-state index contributed by atoms with van der Waals surface area (Å²) in [7, 11) is 0. The summed E-state index contributed by atoms with van der Waals surface area (Å²) in [5, 5.41) is 29.6. The van der Waals surface area contributed by atoms with Crippen LogP contribution in [0.25, 0.3) is 5.95 Å². The second-order valence-corrected chi connectivity index (χ2v) is 8.13. The van der Waals surface area contributed by atoms with Crippen molar-refractivity contribution >= 4 is 12.0 Å². The summed E-state index contributed by atoms with van der Waals surface area (Å²) < 4.78 is 43.3. The first-order chi connectivity index (χ1) is 16.9. The molecular formula is C22H20F3N9O. The monoisotopic (exact) mass is 483 g/mol. The zero-order valence-corrected chi connectivity index (χ0v) is 18.3. The fraction of sp³-hybridized carbons (Fsp3) is 0.318. The maximum Gasteiger partial charge on any atom is 0.252 e. The van der Waals surface area contributed by atoms with E-state index >= 15 is 0 Å². The van der Waals surface area contributed by atoms with Gasteiger partial charge in [0.1, 0.15) is 17.7 Å². The van der Waals surface area contributed by atoms with Crippen molar-refractivity contribution in [3.05, 3.63) is 65.4 Å². The van der Waals surface area contributed by atoms with Crippen molar-refractivity contribution in [1.29, 1.82) is 5.26 Å². The van der Waals surface area contributed by atoms with E-state index in [4.69, 9.17) is 5.26 Å². The van der Waals surface area contributed by atoms with E-state index in [1.165, 1.54) is 34.2 Å². The number of rotatable bonds is 5. The summed E-state index contributed by atoms with van der Waals surface area (Å²) in [6, 6.07) is 4.71. The van der Waals surface area contributed by atoms with Crippen LogP contribution >= 0.6 is 0 Å². The summed E-state index contributed by atoms with van der Waals surface area (Å²) >= 11 is 0. The number of halogens is 3. The van der Waals surface area contributed by atoms with Gasteiger partial charge in [-0.05, 0) is 17.7 Å². The lowest BCUT2D eigenvalue weighted by Gasteiger charge is -2.41. The summed E-state index contributed by atoms with van der Waals surface area (Å²) in [5.74, 6) is -1.78. The van der Waals surface area contributed by atoms with Gasteiger partial charge in [0.15, 0.2) is 11.6 Å². The molecule has 0 aliphatic carbocycles. The van der Waals surface area contributed by atoms with Gasteiger partial charge in [0.2, 0.25) is 6.35 Å². The van der Waals surface area contributed by atoms with Crippen LogP contribution < -0.4 is 4.90 Å². The molecule has 1 saturated heterocycles. The molecule has 1 fully saturated rings. The van der Waals surface area contributed by atoms with E-state index in [0.717, 1.165) is 12.3 Å². The third kappa shape index (κ3) is 4.53. The van der Waals surface area contributed by atoms with Gasteiger partial charge in [0.25, 0.3) is 5.95 Å². The van der Waals surface area contributed by atoms with Crippen LogP contribution in [0.15, 0.2) is 41.9 Å². The van der Waals surface area contributed by atoms with E-state index in [1.807, 2.05) is 6.07 Å². The number of piperazine rings is 1. The number of nitriles is 1. The molecule has 10 nitrogen and oxygen atoms in total. The number of hydrogen-bond acceptors (Lipinski definition) is 9. The first kappa shape index (κ1) is 22.8. The third-order valence-corrected chi connectivity index (χ3v) is 5.94. The van der Waals surface area contributed by atoms with Crippen LogP contribution in [0.3, 0.4) is 0 Å². The number of hydrogen-bond donors (Lipinski definition) is 1. The molecule has 1 aromatic carbocycles. The number of aromatic nitrogens is 4. The first-order valence-corrected chi connectivity index (χ1v) is 10.8. The lowest BCUT2D eigenvalue weighted by molar-refractivity contribution is -0.126. The van der Waals surface area contributed by atoms with Gasteiger partial charge in [-0.2, -0.15) is 20.4 Å². The average molecular weight is 483 g/mol. The Morgan fingerprint density at radius 1 is 1.06 bits per heavy atom. The molecule has 2 aliphatic heterocycles. The standard InChI is InChI=1S/C22H20F3N9O/c23-16-7-15(8-17(24)9-16)19-1-2-28-34(19)22(35)32-5-3-31(4-6-32)20-18(25)12-27-21(30-20)33-13-14(10-26)11-29-33/h2,7-9,11-13,19,22,35H,1,3-6H2/t19-,22?/m0/s1. The Labute approximate surface area is 198 Å². The minimum absolute atomic E-state index is 0.0884. The molecule has 13 heteroatoms. The second kappa shape index (κ2) is 9.32. The minimum Gasteiger partial charge on any atom is -0.360 e. The van der Waals surface area contributed by atoms with Crippen LogP contribution in [0.1, 0.15) is 23.6 Å². The Bertz CT molecular complexity index is 1280. The lowest BCUT2D eigenvalue weighted by atomic mass is 10.0. The molecule has 180 valence electrons. The van der Waals surface area contributed by atoms with Gasteiger partial charge in [-0.3, -0.25) is 4.90 Å². The highest BCUT2D eigenvalue weighted by molar-refractivity contribution is 5.60. The van der Waals surface area contributed by atoms with Crippen LogP contribution in [0.5, 0.6) is 0 Å². The van der Waals surface area contributed by atoms with E-state index in [2.05, 4.69) is 20.2 Å². The fourth-order valence-corrected chi connectivity index (χ4v) is 4.21. The number of benzene rings is 1. The maximum atomic E-state index is 14.5. The normalized spacial score (nSPS) is 19.2. The molecule has 5 rings (SSSR count). The van der Waals surface area contributed by atoms with Crippen molar-refractivity contribution in [2.45, 2.75) is 18.8 Å². The molecule has 2 aliphatic rings. The maximum absolute atomic E-state index is 14.5. The van der Waals surface area contributed by atoms with E-state index in [-0.39, 0.29) is 11.8 Å². The zero-order chi connectivity index (χ0) is 24.5. The fourth-order valence-electron chi connectivity index (χ4n) is 4.21. The highest BCUT2D eigenvalue weighted by atomic mass is 19.1. The van der Waals surface area contributed by atoms with Crippen LogP contribution in [-0.2, 0) is 0 Å². The lowest BCUT2D eigenvalue weighted by Crippen LogP contribution is -2.55. The molecule has 0 bridgehead atoms. The topological polar surface area (TPSA) is 110 Å². The van der Waals surface area contributed by atoms with Gasteiger partial charge in [-0.25, -0.2) is 27.8 Å². The first-order valence-electron chi connectivity index (χ1n) is 10.8. The Balaban J connectivity index is 1.27. The molecule has 3 aromatic rings. The average Bonchev–Trinajstić information content (AvgIpc) is 3.54. The molecule has 1 N–H and O–H groups in total. The highest BCUT2D eigenvalue weighted by Crippen LogP contribution is 2.32. The molecule has 0 saturated carbocycles. The third-order valence-electron chi connectivity index (χ3n) is 5.94. The van der Waals surface area contributed by atoms with Gasteiger partial charge in [0.05, 0.1) is 30.2 Å². The van der Waals surface area contributed by atoms with E-state index in [9.17, 15) is 18.3 Å². The summed E-state index contributed by atoms with van der Waals surface area (Å²) in [4.78, 5) is 11.7. The quantitative estimate of drug-likeness (QED) is 0.585. The van der Waals surface area contributed by atoms with Gasteiger partial charge < -0.3 is 10.0 Å². The SMILES string of the molecule is N#Cc1cnn(-c2ncc(F)c(N3CCN(C(O)N4N=CC[C@H]4c4cc(F)cc(F)c4)CC3)n2)c1. The minimum atomic E-state index is -1.13. The Kier molecular flexibility index (Phi) is 6.06. The molecule has 2 atom stereocenters. The van der Waals surface area contributed by atoms with Crippen LogP contribution in [-0.4, -0.2) is 73.5 Å². The Morgan fingerprint density at radius 2 is 1.80 bits per heavy atom. The largest absolute Gasteiger partial charge is 0.360 e. The Hall–Kier alpha value is -4.02. The van der Waals surface area contributed by atoms with Gasteiger partial charge in [-0.1, -0.05) is 0 Å². The van der Waals surface area contributed by atoms with Crippen LogP contribution in [0.4, 0.5) is 19.0 Å². The molecule has 2 aromatic heterocycles. The highest BCUT2D eigenvalue weighted by Gasteiger charge is 2.34. The van der Waals surface area contributed by atoms with Crippen molar-refractivity contribution in [1.82, 2.24) is 29.7 Å². The number of aliphatic hydroxyl groups is 1. The number of hydrazone groups is 1.